The molecule has 0 aliphatic heterocycles. The highest BCUT2D eigenvalue weighted by Crippen LogP contribution is 2.16. The van der Waals surface area contributed by atoms with Gasteiger partial charge in [0.25, 0.3) is 5.56 Å². The molecule has 0 atom stereocenters. The Hall–Kier alpha value is -2.73. The first-order valence-electron chi connectivity index (χ1n) is 7.06. The van der Waals surface area contributed by atoms with Crippen LogP contribution in [0, 0.1) is 12.7 Å². The van der Waals surface area contributed by atoms with Crippen LogP contribution in [-0.2, 0) is 11.3 Å². The molecule has 7 heteroatoms. The van der Waals surface area contributed by atoms with Gasteiger partial charge < -0.3 is 4.74 Å². The van der Waals surface area contributed by atoms with Crippen molar-refractivity contribution in [2.45, 2.75) is 13.5 Å². The van der Waals surface area contributed by atoms with Crippen LogP contribution in [0.1, 0.15) is 21.7 Å². The van der Waals surface area contributed by atoms with Gasteiger partial charge in [-0.15, -0.1) is 0 Å². The lowest BCUT2D eigenvalue weighted by molar-refractivity contribution is 0.0462. The number of carbonyl (C=O) groups excluding carboxylic acids is 1. The topological polar surface area (TPSA) is 60.7 Å². The van der Waals surface area contributed by atoms with Gasteiger partial charge in [0.1, 0.15) is 18.1 Å². The number of esters is 1. The molecule has 3 rings (SSSR count). The quantitative estimate of drug-likeness (QED) is 0.683. The van der Waals surface area contributed by atoms with Crippen LogP contribution in [0.25, 0.3) is 5.65 Å². The average Bonchev–Trinajstić information content (AvgIpc) is 2.52. The van der Waals surface area contributed by atoms with E-state index in [1.165, 1.54) is 22.6 Å². The first kappa shape index (κ1) is 16.1. The lowest BCUT2D eigenvalue weighted by atomic mass is 10.2. The van der Waals surface area contributed by atoms with Gasteiger partial charge in [0, 0.05) is 16.8 Å². The minimum absolute atomic E-state index is 0.184. The summed E-state index contributed by atoms with van der Waals surface area (Å²) in [4.78, 5) is 28.3. The van der Waals surface area contributed by atoms with Gasteiger partial charge in [0.2, 0.25) is 0 Å². The van der Waals surface area contributed by atoms with Crippen molar-refractivity contribution in [3.8, 4) is 0 Å². The Kier molecular flexibility index (Phi) is 4.31. The van der Waals surface area contributed by atoms with E-state index >= 15 is 0 Å². The number of aromatic nitrogens is 2. The van der Waals surface area contributed by atoms with Gasteiger partial charge in [0.05, 0.1) is 11.3 Å². The van der Waals surface area contributed by atoms with Crippen molar-refractivity contribution in [1.29, 1.82) is 0 Å². The summed E-state index contributed by atoms with van der Waals surface area (Å²) in [6.07, 6.45) is 0. The Morgan fingerprint density at radius 3 is 2.83 bits per heavy atom. The number of pyridine rings is 1. The summed E-state index contributed by atoms with van der Waals surface area (Å²) < 4.78 is 20.2. The fourth-order valence-electron chi connectivity index (χ4n) is 2.31. The lowest BCUT2D eigenvalue weighted by Crippen LogP contribution is -2.18. The molecule has 3 aromatic rings. The van der Waals surface area contributed by atoms with Crippen molar-refractivity contribution >= 4 is 23.2 Å². The third kappa shape index (κ3) is 3.14. The SMILES string of the molecule is Cc1cccc2nc(COC(=O)c3ccc(Cl)cc3F)cc(=O)n12. The molecule has 0 amide bonds. The Morgan fingerprint density at radius 2 is 2.08 bits per heavy atom. The lowest BCUT2D eigenvalue weighted by Gasteiger charge is -2.08. The second kappa shape index (κ2) is 6.41. The molecule has 0 radical (unpaired) electrons. The van der Waals surface area contributed by atoms with Crippen LogP contribution in [0.3, 0.4) is 0 Å². The molecule has 0 fully saturated rings. The predicted octanol–water partition coefficient (Wildman–Crippen LogP) is 3.15. The zero-order chi connectivity index (χ0) is 17.3. The first-order valence-corrected chi connectivity index (χ1v) is 7.44. The van der Waals surface area contributed by atoms with E-state index in [1.54, 1.807) is 25.1 Å². The van der Waals surface area contributed by atoms with E-state index in [9.17, 15) is 14.0 Å². The highest BCUT2D eigenvalue weighted by atomic mass is 35.5. The van der Waals surface area contributed by atoms with Gasteiger partial charge in [-0.2, -0.15) is 0 Å². The van der Waals surface area contributed by atoms with Crippen LogP contribution in [-0.4, -0.2) is 15.4 Å². The molecule has 1 aromatic carbocycles. The number of fused-ring (bicyclic) bond motifs is 1. The molecule has 0 saturated heterocycles. The molecule has 2 aromatic heterocycles. The molecule has 0 spiro atoms. The van der Waals surface area contributed by atoms with Crippen molar-refractivity contribution in [3.63, 3.8) is 0 Å². The smallest absolute Gasteiger partial charge is 0.341 e. The van der Waals surface area contributed by atoms with Gasteiger partial charge in [-0.05, 0) is 37.3 Å². The maximum atomic E-state index is 13.7. The van der Waals surface area contributed by atoms with Crippen molar-refractivity contribution in [2.24, 2.45) is 0 Å². The van der Waals surface area contributed by atoms with E-state index in [-0.39, 0.29) is 28.4 Å². The summed E-state index contributed by atoms with van der Waals surface area (Å²) in [5.41, 5.74) is 0.978. The van der Waals surface area contributed by atoms with E-state index in [4.69, 9.17) is 16.3 Å². The van der Waals surface area contributed by atoms with Crippen molar-refractivity contribution in [1.82, 2.24) is 9.38 Å². The summed E-state index contributed by atoms with van der Waals surface area (Å²) in [7, 11) is 0. The van der Waals surface area contributed by atoms with Crippen molar-refractivity contribution in [3.05, 3.63) is 80.6 Å². The van der Waals surface area contributed by atoms with Crippen LogP contribution in [0.5, 0.6) is 0 Å². The summed E-state index contributed by atoms with van der Waals surface area (Å²) in [5.74, 6) is -1.62. The van der Waals surface area contributed by atoms with Crippen LogP contribution in [0.4, 0.5) is 4.39 Å². The molecule has 0 aliphatic rings. The molecular weight excluding hydrogens is 335 g/mol. The van der Waals surface area contributed by atoms with E-state index < -0.39 is 11.8 Å². The third-order valence-electron chi connectivity index (χ3n) is 3.44. The number of halogens is 2. The minimum Gasteiger partial charge on any atom is -0.455 e. The molecule has 0 N–H and O–H groups in total. The number of ether oxygens (including phenoxy) is 1. The van der Waals surface area contributed by atoms with E-state index in [0.29, 0.717) is 5.65 Å². The van der Waals surface area contributed by atoms with E-state index in [2.05, 4.69) is 4.98 Å². The molecule has 0 bridgehead atoms. The Labute approximate surface area is 141 Å². The highest BCUT2D eigenvalue weighted by Gasteiger charge is 2.14. The Balaban J connectivity index is 1.83. The fourth-order valence-corrected chi connectivity index (χ4v) is 2.47. The number of carbonyl (C=O) groups is 1. The number of hydrogen-bond donors (Lipinski definition) is 0. The molecular formula is C17H12ClFN2O3. The first-order chi connectivity index (χ1) is 11.5. The molecule has 0 unspecified atom stereocenters. The largest absolute Gasteiger partial charge is 0.455 e. The standard InChI is InChI=1S/C17H12ClFN2O3/c1-10-3-2-4-15-20-12(8-16(22)21(10)15)9-24-17(23)13-6-5-11(18)7-14(13)19/h2-8H,9H2,1H3. The molecule has 0 aliphatic carbocycles. The summed E-state index contributed by atoms with van der Waals surface area (Å²) in [6.45, 7) is 1.56. The van der Waals surface area contributed by atoms with Gasteiger partial charge in [0.15, 0.2) is 0 Å². The maximum absolute atomic E-state index is 13.7. The van der Waals surface area contributed by atoms with Crippen LogP contribution < -0.4 is 5.56 Å². The van der Waals surface area contributed by atoms with Gasteiger partial charge in [-0.3, -0.25) is 9.20 Å². The van der Waals surface area contributed by atoms with Gasteiger partial charge in [-0.1, -0.05) is 17.7 Å². The molecule has 122 valence electrons. The van der Waals surface area contributed by atoms with Crippen molar-refractivity contribution in [2.75, 3.05) is 0 Å². The zero-order valence-corrected chi connectivity index (χ0v) is 13.4. The molecule has 2 heterocycles. The van der Waals surface area contributed by atoms with Gasteiger partial charge >= 0.3 is 5.97 Å². The molecule has 5 nitrogen and oxygen atoms in total. The van der Waals surface area contributed by atoms with Crippen LogP contribution >= 0.6 is 11.6 Å². The third-order valence-corrected chi connectivity index (χ3v) is 3.67. The molecule has 0 saturated carbocycles. The summed E-state index contributed by atoms with van der Waals surface area (Å²) in [5, 5.41) is 0.184. The predicted molar refractivity (Wildman–Crippen MR) is 86.7 cm³/mol. The zero-order valence-electron chi connectivity index (χ0n) is 12.6. The number of aryl methyl sites for hydroxylation is 1. The van der Waals surface area contributed by atoms with E-state index in [1.807, 2.05) is 0 Å². The highest BCUT2D eigenvalue weighted by molar-refractivity contribution is 6.30. The monoisotopic (exact) mass is 346 g/mol. The number of hydrogen-bond acceptors (Lipinski definition) is 4. The summed E-state index contributed by atoms with van der Waals surface area (Å²) in [6, 6.07) is 10.2. The van der Waals surface area contributed by atoms with E-state index in [0.717, 1.165) is 11.8 Å². The fraction of sp³-hybridized carbons (Fsp3) is 0.118. The molecule has 24 heavy (non-hydrogen) atoms. The van der Waals surface area contributed by atoms with Crippen LogP contribution in [0.15, 0.2) is 47.3 Å². The normalized spacial score (nSPS) is 10.8. The minimum atomic E-state index is -0.851. The van der Waals surface area contributed by atoms with Gasteiger partial charge in [-0.25, -0.2) is 14.2 Å². The average molecular weight is 347 g/mol. The Morgan fingerprint density at radius 1 is 1.29 bits per heavy atom. The Bertz CT molecular complexity index is 1000. The van der Waals surface area contributed by atoms with Crippen molar-refractivity contribution < 1.29 is 13.9 Å². The maximum Gasteiger partial charge on any atom is 0.341 e. The van der Waals surface area contributed by atoms with Crippen LogP contribution in [0.2, 0.25) is 5.02 Å². The number of benzene rings is 1. The number of nitrogens with zero attached hydrogens (tertiary/aromatic N) is 2. The second-order valence-electron chi connectivity index (χ2n) is 5.15. The summed E-state index contributed by atoms with van der Waals surface area (Å²) >= 11 is 5.64. The number of rotatable bonds is 3. The second-order valence-corrected chi connectivity index (χ2v) is 5.58.